The lowest BCUT2D eigenvalue weighted by Gasteiger charge is -2.34. The molecule has 0 amide bonds. The molecular weight excluding hydrogens is 228 g/mol. The number of hydrazine groups is 1. The fraction of sp³-hybridized carbons (Fsp3) is 0.667. The molecule has 2 saturated heterocycles. The summed E-state index contributed by atoms with van der Waals surface area (Å²) in [6, 6.07) is 2.37. The molecule has 0 bridgehead atoms. The van der Waals surface area contributed by atoms with Gasteiger partial charge in [0.05, 0.1) is 6.17 Å². The number of nitrogens with zero attached hydrogens (tertiary/aromatic N) is 3. The Labute approximate surface area is 107 Å². The average molecular weight is 248 g/mol. The number of hydrogen-bond donors (Lipinski definition) is 3. The van der Waals surface area contributed by atoms with Gasteiger partial charge in [0.2, 0.25) is 5.95 Å². The number of aromatic nitrogens is 2. The number of nitrogens with one attached hydrogen (secondary N) is 2. The molecule has 6 nitrogen and oxygen atoms in total. The van der Waals surface area contributed by atoms with E-state index in [1.165, 1.54) is 12.8 Å². The van der Waals surface area contributed by atoms with E-state index in [0.717, 1.165) is 25.5 Å². The maximum atomic E-state index is 5.85. The number of rotatable bonds is 2. The molecule has 3 rings (SSSR count). The molecule has 0 saturated carbocycles. The molecule has 0 spiro atoms. The summed E-state index contributed by atoms with van der Waals surface area (Å²) in [6.07, 6.45) is 7.07. The Morgan fingerprint density at radius 2 is 1.89 bits per heavy atom. The molecule has 6 heteroatoms. The molecule has 0 aliphatic carbocycles. The highest BCUT2D eigenvalue weighted by molar-refractivity contribution is 5.28. The Kier molecular flexibility index (Phi) is 3.40. The van der Waals surface area contributed by atoms with Gasteiger partial charge in [0, 0.05) is 31.5 Å². The monoisotopic (exact) mass is 248 g/mol. The van der Waals surface area contributed by atoms with Crippen LogP contribution in [0.3, 0.4) is 0 Å². The summed E-state index contributed by atoms with van der Waals surface area (Å²) in [5.41, 5.74) is 12.3. The van der Waals surface area contributed by atoms with Gasteiger partial charge in [-0.1, -0.05) is 0 Å². The van der Waals surface area contributed by atoms with Crippen molar-refractivity contribution in [2.45, 2.75) is 31.5 Å². The van der Waals surface area contributed by atoms with Gasteiger partial charge < -0.3 is 10.6 Å². The molecule has 2 fully saturated rings. The molecule has 4 N–H and O–H groups in total. The third kappa shape index (κ3) is 2.45. The van der Waals surface area contributed by atoms with Crippen molar-refractivity contribution in [3.05, 3.63) is 18.5 Å². The fourth-order valence-corrected chi connectivity index (χ4v) is 2.87. The predicted molar refractivity (Wildman–Crippen MR) is 69.6 cm³/mol. The van der Waals surface area contributed by atoms with Crippen molar-refractivity contribution in [1.82, 2.24) is 20.8 Å². The van der Waals surface area contributed by atoms with Crippen LogP contribution < -0.4 is 21.5 Å². The normalized spacial score (nSPS) is 29.7. The molecular formula is C12H20N6. The van der Waals surface area contributed by atoms with E-state index in [4.69, 9.17) is 5.73 Å². The highest BCUT2D eigenvalue weighted by Gasteiger charge is 2.31. The minimum absolute atomic E-state index is 0.102. The van der Waals surface area contributed by atoms with Gasteiger partial charge in [0.25, 0.3) is 0 Å². The molecule has 98 valence electrons. The summed E-state index contributed by atoms with van der Waals surface area (Å²) in [7, 11) is 0. The SMILES string of the molecule is NC1CC(C2CCN(c3ncccn3)CC2)NN1. The lowest BCUT2D eigenvalue weighted by molar-refractivity contribution is 0.309. The molecule has 18 heavy (non-hydrogen) atoms. The Morgan fingerprint density at radius 1 is 1.17 bits per heavy atom. The molecule has 3 heterocycles. The summed E-state index contributed by atoms with van der Waals surface area (Å²) < 4.78 is 0. The first-order valence-electron chi connectivity index (χ1n) is 6.61. The first-order valence-corrected chi connectivity index (χ1v) is 6.61. The highest BCUT2D eigenvalue weighted by Crippen LogP contribution is 2.25. The molecule has 1 aromatic rings. The molecule has 0 radical (unpaired) electrons. The van der Waals surface area contributed by atoms with Crippen LogP contribution in [0.15, 0.2) is 18.5 Å². The van der Waals surface area contributed by atoms with E-state index in [1.54, 1.807) is 12.4 Å². The molecule has 1 aromatic heterocycles. The molecule has 2 aliphatic heterocycles. The number of nitrogens with two attached hydrogens (primary N) is 1. The maximum Gasteiger partial charge on any atom is 0.225 e. The van der Waals surface area contributed by atoms with Gasteiger partial charge in [-0.15, -0.1) is 0 Å². The smallest absolute Gasteiger partial charge is 0.225 e. The van der Waals surface area contributed by atoms with E-state index >= 15 is 0 Å². The van der Waals surface area contributed by atoms with Gasteiger partial charge in [0.1, 0.15) is 0 Å². The Morgan fingerprint density at radius 3 is 2.50 bits per heavy atom. The molecule has 0 aromatic carbocycles. The molecule has 2 atom stereocenters. The van der Waals surface area contributed by atoms with Crippen molar-refractivity contribution in [2.24, 2.45) is 11.7 Å². The third-order valence-electron chi connectivity index (χ3n) is 3.91. The zero-order valence-electron chi connectivity index (χ0n) is 10.4. The molecule has 2 aliphatic rings. The predicted octanol–water partition coefficient (Wildman–Crippen LogP) is -0.156. The topological polar surface area (TPSA) is 79.1 Å². The van der Waals surface area contributed by atoms with Gasteiger partial charge in [-0.25, -0.2) is 15.4 Å². The zero-order valence-corrected chi connectivity index (χ0v) is 10.4. The van der Waals surface area contributed by atoms with Gasteiger partial charge in [0.15, 0.2) is 0 Å². The van der Waals surface area contributed by atoms with Gasteiger partial charge >= 0.3 is 0 Å². The van der Waals surface area contributed by atoms with E-state index in [2.05, 4.69) is 25.7 Å². The van der Waals surface area contributed by atoms with Crippen molar-refractivity contribution in [2.75, 3.05) is 18.0 Å². The van der Waals surface area contributed by atoms with Crippen LogP contribution in [0.2, 0.25) is 0 Å². The third-order valence-corrected chi connectivity index (χ3v) is 3.91. The van der Waals surface area contributed by atoms with Crippen LogP contribution in [0.25, 0.3) is 0 Å². The summed E-state index contributed by atoms with van der Waals surface area (Å²) in [5.74, 6) is 1.55. The standard InChI is InChI=1S/C12H20N6/c13-11-8-10(16-17-11)9-2-6-18(7-3-9)12-14-4-1-5-15-12/h1,4-5,9-11,16-17H,2-3,6-8,13H2. The van der Waals surface area contributed by atoms with Crippen molar-refractivity contribution < 1.29 is 0 Å². The average Bonchev–Trinajstić information content (AvgIpc) is 2.87. The molecule has 2 unspecified atom stereocenters. The van der Waals surface area contributed by atoms with Crippen LogP contribution in [0, 0.1) is 5.92 Å². The van der Waals surface area contributed by atoms with Crippen LogP contribution in [0.4, 0.5) is 5.95 Å². The van der Waals surface area contributed by atoms with Gasteiger partial charge in [-0.3, -0.25) is 5.43 Å². The number of anilines is 1. The zero-order chi connectivity index (χ0) is 12.4. The van der Waals surface area contributed by atoms with Crippen molar-refractivity contribution in [3.8, 4) is 0 Å². The second-order valence-electron chi connectivity index (χ2n) is 5.11. The minimum Gasteiger partial charge on any atom is -0.341 e. The Balaban J connectivity index is 1.55. The summed E-state index contributed by atoms with van der Waals surface area (Å²) in [5, 5.41) is 0. The maximum absolute atomic E-state index is 5.85. The Hall–Kier alpha value is -1.24. The second kappa shape index (κ2) is 5.17. The summed E-state index contributed by atoms with van der Waals surface area (Å²) >= 11 is 0. The number of piperidine rings is 1. The Bertz CT molecular complexity index is 375. The summed E-state index contributed by atoms with van der Waals surface area (Å²) in [6.45, 7) is 2.06. The van der Waals surface area contributed by atoms with E-state index in [1.807, 2.05) is 6.07 Å². The lowest BCUT2D eigenvalue weighted by Crippen LogP contribution is -2.43. The van der Waals surface area contributed by atoms with Crippen LogP contribution in [-0.4, -0.2) is 35.3 Å². The van der Waals surface area contributed by atoms with Crippen LogP contribution in [-0.2, 0) is 0 Å². The van der Waals surface area contributed by atoms with Gasteiger partial charge in [-0.2, -0.15) is 0 Å². The fourth-order valence-electron chi connectivity index (χ4n) is 2.87. The highest BCUT2D eigenvalue weighted by atomic mass is 15.4. The van der Waals surface area contributed by atoms with Crippen molar-refractivity contribution >= 4 is 5.95 Å². The van der Waals surface area contributed by atoms with E-state index < -0.39 is 0 Å². The largest absolute Gasteiger partial charge is 0.341 e. The quantitative estimate of drug-likeness (QED) is 0.675. The lowest BCUT2D eigenvalue weighted by atomic mass is 9.88. The second-order valence-corrected chi connectivity index (χ2v) is 5.11. The minimum atomic E-state index is 0.102. The van der Waals surface area contributed by atoms with Crippen LogP contribution in [0.1, 0.15) is 19.3 Å². The van der Waals surface area contributed by atoms with Crippen molar-refractivity contribution in [1.29, 1.82) is 0 Å². The first kappa shape index (κ1) is 11.8. The first-order chi connectivity index (χ1) is 8.83. The van der Waals surface area contributed by atoms with E-state index in [-0.39, 0.29) is 6.17 Å². The van der Waals surface area contributed by atoms with Crippen LogP contribution in [0.5, 0.6) is 0 Å². The van der Waals surface area contributed by atoms with E-state index in [0.29, 0.717) is 12.0 Å². The van der Waals surface area contributed by atoms with Gasteiger partial charge in [-0.05, 0) is 31.2 Å². The summed E-state index contributed by atoms with van der Waals surface area (Å²) in [4.78, 5) is 10.9. The van der Waals surface area contributed by atoms with Crippen molar-refractivity contribution in [3.63, 3.8) is 0 Å². The number of hydrogen-bond acceptors (Lipinski definition) is 6. The van der Waals surface area contributed by atoms with E-state index in [9.17, 15) is 0 Å². The van der Waals surface area contributed by atoms with Crippen LogP contribution >= 0.6 is 0 Å².